The minimum absolute atomic E-state index is 0.0553. The Kier molecular flexibility index (Phi) is 4.42. The van der Waals surface area contributed by atoms with Crippen molar-refractivity contribution in [1.29, 1.82) is 0 Å². The van der Waals surface area contributed by atoms with Gasteiger partial charge in [-0.15, -0.1) is 0 Å². The Bertz CT molecular complexity index is 506. The summed E-state index contributed by atoms with van der Waals surface area (Å²) < 4.78 is 4.83. The molecule has 0 radical (unpaired) electrons. The molecule has 0 bridgehead atoms. The van der Waals surface area contributed by atoms with Gasteiger partial charge in [0, 0.05) is 0 Å². The first-order valence-corrected chi connectivity index (χ1v) is 7.09. The number of hydrogen-bond donors (Lipinski definition) is 1. The van der Waals surface area contributed by atoms with E-state index in [-0.39, 0.29) is 18.4 Å². The zero-order valence-corrected chi connectivity index (χ0v) is 12.1. The van der Waals surface area contributed by atoms with E-state index in [4.69, 9.17) is 4.74 Å². The lowest BCUT2D eigenvalue weighted by Gasteiger charge is -2.40. The van der Waals surface area contributed by atoms with Gasteiger partial charge in [0.15, 0.2) is 0 Å². The number of carbonyl (C=O) groups is 2. The van der Waals surface area contributed by atoms with Crippen molar-refractivity contribution < 1.29 is 14.3 Å². The maximum Gasteiger partial charge on any atom is 0.325 e. The molecular formula is C16H21NO3. The van der Waals surface area contributed by atoms with Crippen LogP contribution in [0.25, 0.3) is 0 Å². The second-order valence-corrected chi connectivity index (χ2v) is 5.29. The summed E-state index contributed by atoms with van der Waals surface area (Å²) in [6, 6.07) is 8.05. The highest BCUT2D eigenvalue weighted by Crippen LogP contribution is 2.44. The topological polar surface area (TPSA) is 55.4 Å². The number of hydrogen-bond acceptors (Lipinski definition) is 3. The molecular weight excluding hydrogens is 254 g/mol. The van der Waals surface area contributed by atoms with Crippen molar-refractivity contribution in [3.8, 4) is 0 Å². The first kappa shape index (κ1) is 14.6. The van der Waals surface area contributed by atoms with Crippen LogP contribution in [0.1, 0.15) is 37.3 Å². The van der Waals surface area contributed by atoms with Gasteiger partial charge >= 0.3 is 5.97 Å². The molecule has 0 heterocycles. The first-order valence-electron chi connectivity index (χ1n) is 7.09. The molecule has 4 nitrogen and oxygen atoms in total. The van der Waals surface area contributed by atoms with E-state index in [2.05, 4.69) is 11.4 Å². The number of rotatable bonds is 5. The Labute approximate surface area is 119 Å². The molecule has 1 aromatic carbocycles. The van der Waals surface area contributed by atoms with E-state index in [1.54, 1.807) is 6.92 Å². The maximum absolute atomic E-state index is 12.4. The average Bonchev–Trinajstić information content (AvgIpc) is 2.35. The van der Waals surface area contributed by atoms with Crippen molar-refractivity contribution in [2.24, 2.45) is 0 Å². The van der Waals surface area contributed by atoms with Gasteiger partial charge in [-0.1, -0.05) is 36.2 Å². The second kappa shape index (κ2) is 6.07. The molecule has 1 aliphatic carbocycles. The van der Waals surface area contributed by atoms with Crippen LogP contribution in [0.5, 0.6) is 0 Å². The molecule has 1 N–H and O–H groups in total. The third-order valence-corrected chi connectivity index (χ3v) is 3.91. The van der Waals surface area contributed by atoms with Crippen molar-refractivity contribution in [2.75, 3.05) is 13.2 Å². The quantitative estimate of drug-likeness (QED) is 0.837. The van der Waals surface area contributed by atoms with Crippen LogP contribution >= 0.6 is 0 Å². The minimum atomic E-state index is -0.460. The van der Waals surface area contributed by atoms with E-state index in [0.717, 1.165) is 30.4 Å². The molecule has 0 aromatic heterocycles. The number of nitrogens with one attached hydrogen (secondary N) is 1. The molecule has 1 saturated carbocycles. The van der Waals surface area contributed by atoms with Crippen molar-refractivity contribution in [3.63, 3.8) is 0 Å². The fraction of sp³-hybridized carbons (Fsp3) is 0.500. The summed E-state index contributed by atoms with van der Waals surface area (Å²) in [7, 11) is 0. The van der Waals surface area contributed by atoms with Crippen LogP contribution in [0.3, 0.4) is 0 Å². The Morgan fingerprint density at radius 1 is 1.35 bits per heavy atom. The highest BCUT2D eigenvalue weighted by Gasteiger charge is 2.45. The van der Waals surface area contributed by atoms with E-state index in [0.29, 0.717) is 6.61 Å². The van der Waals surface area contributed by atoms with Crippen molar-refractivity contribution in [1.82, 2.24) is 5.32 Å². The Morgan fingerprint density at radius 2 is 2.10 bits per heavy atom. The minimum Gasteiger partial charge on any atom is -0.465 e. The predicted molar refractivity (Wildman–Crippen MR) is 76.4 cm³/mol. The van der Waals surface area contributed by atoms with Crippen molar-refractivity contribution >= 4 is 11.9 Å². The van der Waals surface area contributed by atoms with Crippen molar-refractivity contribution in [3.05, 3.63) is 35.4 Å². The van der Waals surface area contributed by atoms with E-state index < -0.39 is 5.41 Å². The number of aryl methyl sites for hydroxylation is 1. The van der Waals surface area contributed by atoms with Crippen LogP contribution in [0.15, 0.2) is 24.3 Å². The summed E-state index contributed by atoms with van der Waals surface area (Å²) in [5, 5.41) is 2.71. The molecule has 4 heteroatoms. The largest absolute Gasteiger partial charge is 0.465 e. The summed E-state index contributed by atoms with van der Waals surface area (Å²) >= 11 is 0. The summed E-state index contributed by atoms with van der Waals surface area (Å²) in [5.74, 6) is -0.457. The van der Waals surface area contributed by atoms with Gasteiger partial charge in [0.25, 0.3) is 0 Å². The highest BCUT2D eigenvalue weighted by atomic mass is 16.5. The molecule has 108 valence electrons. The molecule has 1 amide bonds. The third kappa shape index (κ3) is 2.84. The van der Waals surface area contributed by atoms with Gasteiger partial charge in [-0.25, -0.2) is 0 Å². The zero-order chi connectivity index (χ0) is 14.6. The smallest absolute Gasteiger partial charge is 0.325 e. The molecule has 2 rings (SSSR count). The summed E-state index contributed by atoms with van der Waals surface area (Å²) in [6.07, 6.45) is 2.72. The monoisotopic (exact) mass is 275 g/mol. The number of ether oxygens (including phenoxy) is 1. The van der Waals surface area contributed by atoms with Gasteiger partial charge in [0.1, 0.15) is 6.54 Å². The Morgan fingerprint density at radius 3 is 2.65 bits per heavy atom. The van der Waals surface area contributed by atoms with Crippen LogP contribution in [-0.4, -0.2) is 25.0 Å². The lowest BCUT2D eigenvalue weighted by Crippen LogP contribution is -2.50. The van der Waals surface area contributed by atoms with Crippen LogP contribution in [0, 0.1) is 6.92 Å². The maximum atomic E-state index is 12.4. The van der Waals surface area contributed by atoms with Gasteiger partial charge in [-0.2, -0.15) is 0 Å². The van der Waals surface area contributed by atoms with Crippen LogP contribution in [0.4, 0.5) is 0 Å². The molecule has 0 aliphatic heterocycles. The predicted octanol–water partition coefficient (Wildman–Crippen LogP) is 2.10. The lowest BCUT2D eigenvalue weighted by atomic mass is 9.63. The van der Waals surface area contributed by atoms with Gasteiger partial charge < -0.3 is 10.1 Å². The number of esters is 1. The Hall–Kier alpha value is -1.84. The molecule has 1 aromatic rings. The van der Waals surface area contributed by atoms with E-state index in [1.807, 2.05) is 25.1 Å². The number of benzene rings is 1. The number of amides is 1. The van der Waals surface area contributed by atoms with E-state index in [9.17, 15) is 9.59 Å². The summed E-state index contributed by atoms with van der Waals surface area (Å²) in [6.45, 7) is 4.05. The fourth-order valence-electron chi connectivity index (χ4n) is 2.65. The normalized spacial score (nSPS) is 16.1. The van der Waals surface area contributed by atoms with Crippen molar-refractivity contribution in [2.45, 2.75) is 38.5 Å². The SMILES string of the molecule is CCOC(=O)CNC(=O)C1(c2cccc(C)c2)CCC1. The molecule has 20 heavy (non-hydrogen) atoms. The standard InChI is InChI=1S/C16H21NO3/c1-3-20-14(18)11-17-15(19)16(8-5-9-16)13-7-4-6-12(2)10-13/h4,6-7,10H,3,5,8-9,11H2,1-2H3,(H,17,19). The van der Waals surface area contributed by atoms with Gasteiger partial charge in [-0.3, -0.25) is 9.59 Å². The van der Waals surface area contributed by atoms with E-state index >= 15 is 0 Å². The van der Waals surface area contributed by atoms with Gasteiger partial charge in [0.05, 0.1) is 12.0 Å². The first-order chi connectivity index (χ1) is 9.58. The van der Waals surface area contributed by atoms with E-state index in [1.165, 1.54) is 0 Å². The second-order valence-electron chi connectivity index (χ2n) is 5.29. The van der Waals surface area contributed by atoms with Crippen LogP contribution in [-0.2, 0) is 19.7 Å². The summed E-state index contributed by atoms with van der Waals surface area (Å²) in [5.41, 5.74) is 1.73. The Balaban J connectivity index is 2.07. The lowest BCUT2D eigenvalue weighted by molar-refractivity contribution is -0.144. The molecule has 0 saturated heterocycles. The van der Waals surface area contributed by atoms with Gasteiger partial charge in [-0.05, 0) is 32.3 Å². The third-order valence-electron chi connectivity index (χ3n) is 3.91. The average molecular weight is 275 g/mol. The fourth-order valence-corrected chi connectivity index (χ4v) is 2.65. The molecule has 1 aliphatic rings. The summed E-state index contributed by atoms with van der Waals surface area (Å²) in [4.78, 5) is 23.8. The number of carbonyl (C=O) groups excluding carboxylic acids is 2. The molecule has 1 fully saturated rings. The molecule has 0 spiro atoms. The molecule has 0 unspecified atom stereocenters. The van der Waals surface area contributed by atoms with Gasteiger partial charge in [0.2, 0.25) is 5.91 Å². The molecule has 0 atom stereocenters. The van der Waals surface area contributed by atoms with Crippen LogP contribution in [0.2, 0.25) is 0 Å². The zero-order valence-electron chi connectivity index (χ0n) is 12.1. The van der Waals surface area contributed by atoms with Crippen LogP contribution < -0.4 is 5.32 Å². The highest BCUT2D eigenvalue weighted by molar-refractivity contribution is 5.91.